The van der Waals surface area contributed by atoms with E-state index in [4.69, 9.17) is 14.2 Å². The molecule has 0 aliphatic heterocycles. The number of hydrogen-bond donors (Lipinski definition) is 0. The Hall–Kier alpha value is -3.85. The van der Waals surface area contributed by atoms with Crippen LogP contribution in [0.15, 0.2) is 54.9 Å². The van der Waals surface area contributed by atoms with E-state index in [1.807, 2.05) is 6.20 Å². The summed E-state index contributed by atoms with van der Waals surface area (Å²) in [6.07, 6.45) is 13.2. The molecule has 6 rings (SSSR count). The van der Waals surface area contributed by atoms with Crippen LogP contribution in [0.1, 0.15) is 87.3 Å². The molecule has 9 heteroatoms. The normalized spacial score (nSPS) is 22.6. The molecule has 0 radical (unpaired) electrons. The number of ether oxygens (including phenoxy) is 3. The van der Waals surface area contributed by atoms with Crippen LogP contribution >= 0.6 is 0 Å². The van der Waals surface area contributed by atoms with Gasteiger partial charge in [-0.1, -0.05) is 24.3 Å². The van der Waals surface area contributed by atoms with Gasteiger partial charge >= 0.3 is 6.09 Å². The standard InChI is InChI=1S/C39H52N4O5/c1-27-22-32(14-19-37(27)47-4)29-10-8-28(9-11-29)25-42(35-7-5-6-31(23-35)33-24-40-43(26-33)34-15-16-34)38(44)30-12-17-36(18-13-30)48-39(45)41(2)20-21-46-3/h5-7,14,19,22-24,26,28-30,34,36H,8-13,15-18,20-21,25H2,1-4H3. The van der Waals surface area contributed by atoms with Crippen molar-refractivity contribution in [1.82, 2.24) is 14.7 Å². The molecular formula is C39H52N4O5. The summed E-state index contributed by atoms with van der Waals surface area (Å²) in [5.74, 6) is 2.01. The number of rotatable bonds is 12. The lowest BCUT2D eigenvalue weighted by Gasteiger charge is -2.36. The fraction of sp³-hybridized carbons (Fsp3) is 0.564. The van der Waals surface area contributed by atoms with Gasteiger partial charge in [-0.15, -0.1) is 0 Å². The van der Waals surface area contributed by atoms with Crippen LogP contribution in [-0.4, -0.2) is 73.7 Å². The molecule has 3 aromatic rings. The van der Waals surface area contributed by atoms with Gasteiger partial charge in [0.25, 0.3) is 0 Å². The summed E-state index contributed by atoms with van der Waals surface area (Å²) >= 11 is 0. The minimum atomic E-state index is -0.328. The number of methoxy groups -OCH3 is 2. The Kier molecular flexibility index (Phi) is 11.0. The lowest BCUT2D eigenvalue weighted by molar-refractivity contribution is -0.124. The fourth-order valence-electron chi connectivity index (χ4n) is 7.49. The molecule has 0 saturated heterocycles. The van der Waals surface area contributed by atoms with E-state index in [1.165, 1.54) is 24.0 Å². The molecule has 3 saturated carbocycles. The summed E-state index contributed by atoms with van der Waals surface area (Å²) in [5, 5.41) is 4.62. The van der Waals surface area contributed by atoms with Crippen LogP contribution in [0.25, 0.3) is 11.1 Å². The van der Waals surface area contributed by atoms with Crippen LogP contribution in [-0.2, 0) is 14.3 Å². The van der Waals surface area contributed by atoms with E-state index < -0.39 is 0 Å². The molecule has 2 aromatic carbocycles. The second-order valence-electron chi connectivity index (χ2n) is 14.2. The van der Waals surface area contributed by atoms with Crippen molar-refractivity contribution >= 4 is 17.7 Å². The molecule has 1 aromatic heterocycles. The van der Waals surface area contributed by atoms with E-state index in [0.29, 0.717) is 56.7 Å². The van der Waals surface area contributed by atoms with Crippen molar-refractivity contribution in [3.63, 3.8) is 0 Å². The van der Waals surface area contributed by atoms with Crippen LogP contribution < -0.4 is 9.64 Å². The SMILES string of the molecule is COCCN(C)C(=O)OC1CCC(C(=O)N(CC2CCC(c3ccc(OC)c(C)c3)CC2)c2cccc(-c3cnn(C4CC4)c3)c2)CC1. The molecule has 3 aliphatic carbocycles. The monoisotopic (exact) mass is 656 g/mol. The molecule has 0 spiro atoms. The number of carbonyl (C=O) groups excluding carboxylic acids is 2. The molecule has 0 unspecified atom stereocenters. The number of anilines is 1. The molecule has 48 heavy (non-hydrogen) atoms. The predicted octanol–water partition coefficient (Wildman–Crippen LogP) is 7.78. The molecular weight excluding hydrogens is 604 g/mol. The Balaban J connectivity index is 1.14. The molecule has 258 valence electrons. The Morgan fingerprint density at radius 2 is 1.69 bits per heavy atom. The number of carbonyl (C=O) groups is 2. The number of hydrogen-bond acceptors (Lipinski definition) is 6. The highest BCUT2D eigenvalue weighted by Crippen LogP contribution is 2.40. The van der Waals surface area contributed by atoms with Gasteiger partial charge in [-0.2, -0.15) is 5.10 Å². The molecule has 0 atom stereocenters. The first-order valence-corrected chi connectivity index (χ1v) is 17.8. The molecule has 0 N–H and O–H groups in total. The van der Waals surface area contributed by atoms with Gasteiger partial charge < -0.3 is 24.0 Å². The van der Waals surface area contributed by atoms with Crippen LogP contribution in [0.2, 0.25) is 0 Å². The molecule has 2 amide bonds. The maximum atomic E-state index is 14.4. The number of nitrogens with zero attached hydrogens (tertiary/aromatic N) is 4. The molecule has 1 heterocycles. The number of likely N-dealkylation sites (N-methyl/N-ethyl adjacent to an activating group) is 1. The average Bonchev–Trinajstić information content (AvgIpc) is 3.85. The van der Waals surface area contributed by atoms with E-state index in [1.54, 1.807) is 26.2 Å². The van der Waals surface area contributed by atoms with Crippen molar-refractivity contribution in [1.29, 1.82) is 0 Å². The van der Waals surface area contributed by atoms with Crippen molar-refractivity contribution in [2.75, 3.05) is 45.9 Å². The van der Waals surface area contributed by atoms with Crippen molar-refractivity contribution in [3.05, 3.63) is 66.0 Å². The van der Waals surface area contributed by atoms with E-state index in [9.17, 15) is 9.59 Å². The topological polar surface area (TPSA) is 86.1 Å². The number of amides is 2. The van der Waals surface area contributed by atoms with Gasteiger partial charge in [0.1, 0.15) is 11.9 Å². The largest absolute Gasteiger partial charge is 0.496 e. The summed E-state index contributed by atoms with van der Waals surface area (Å²) in [6, 6.07) is 15.6. The smallest absolute Gasteiger partial charge is 0.409 e. The highest BCUT2D eigenvalue weighted by molar-refractivity contribution is 5.95. The fourth-order valence-corrected chi connectivity index (χ4v) is 7.49. The second-order valence-corrected chi connectivity index (χ2v) is 14.2. The molecule has 3 aliphatic rings. The minimum absolute atomic E-state index is 0.0916. The number of benzene rings is 2. The zero-order chi connectivity index (χ0) is 33.6. The Labute approximate surface area is 285 Å². The number of aryl methyl sites for hydroxylation is 1. The van der Waals surface area contributed by atoms with Crippen molar-refractivity contribution in [3.8, 4) is 16.9 Å². The lowest BCUT2D eigenvalue weighted by atomic mass is 9.78. The Morgan fingerprint density at radius 3 is 2.38 bits per heavy atom. The van der Waals surface area contributed by atoms with Crippen LogP contribution in [0.5, 0.6) is 5.75 Å². The van der Waals surface area contributed by atoms with Crippen molar-refractivity contribution in [2.24, 2.45) is 11.8 Å². The Morgan fingerprint density at radius 1 is 0.917 bits per heavy atom. The van der Waals surface area contributed by atoms with Crippen molar-refractivity contribution in [2.45, 2.75) is 89.2 Å². The van der Waals surface area contributed by atoms with Crippen molar-refractivity contribution < 1.29 is 23.8 Å². The third-order valence-electron chi connectivity index (χ3n) is 10.7. The average molecular weight is 657 g/mol. The van der Waals surface area contributed by atoms with Gasteiger partial charge in [0, 0.05) is 50.6 Å². The zero-order valence-corrected chi connectivity index (χ0v) is 29.1. The van der Waals surface area contributed by atoms with Gasteiger partial charge in [-0.05, 0) is 118 Å². The van der Waals surface area contributed by atoms with Crippen LogP contribution in [0.3, 0.4) is 0 Å². The first-order valence-electron chi connectivity index (χ1n) is 17.8. The van der Waals surface area contributed by atoms with Gasteiger partial charge in [-0.25, -0.2) is 4.79 Å². The van der Waals surface area contributed by atoms with E-state index in [2.05, 4.69) is 70.3 Å². The zero-order valence-electron chi connectivity index (χ0n) is 29.1. The third kappa shape index (κ3) is 8.23. The Bertz CT molecular complexity index is 1530. The van der Waals surface area contributed by atoms with E-state index in [0.717, 1.165) is 54.8 Å². The highest BCUT2D eigenvalue weighted by atomic mass is 16.6. The number of aromatic nitrogens is 2. The van der Waals surface area contributed by atoms with Gasteiger partial charge in [0.2, 0.25) is 5.91 Å². The van der Waals surface area contributed by atoms with E-state index in [-0.39, 0.29) is 24.0 Å². The summed E-state index contributed by atoms with van der Waals surface area (Å²) in [7, 11) is 5.07. The molecule has 0 bridgehead atoms. The second kappa shape index (κ2) is 15.6. The molecule has 3 fully saturated rings. The summed E-state index contributed by atoms with van der Waals surface area (Å²) in [5.41, 5.74) is 5.70. The van der Waals surface area contributed by atoms with Crippen LogP contribution in [0.4, 0.5) is 10.5 Å². The summed E-state index contributed by atoms with van der Waals surface area (Å²) in [4.78, 5) is 30.6. The summed E-state index contributed by atoms with van der Waals surface area (Å²) < 4.78 is 18.4. The quantitative estimate of drug-likeness (QED) is 0.198. The maximum Gasteiger partial charge on any atom is 0.409 e. The minimum Gasteiger partial charge on any atom is -0.496 e. The van der Waals surface area contributed by atoms with Gasteiger partial charge in [0.15, 0.2) is 0 Å². The summed E-state index contributed by atoms with van der Waals surface area (Å²) in [6.45, 7) is 3.79. The lowest BCUT2D eigenvalue weighted by Crippen LogP contribution is -2.42. The van der Waals surface area contributed by atoms with E-state index >= 15 is 0 Å². The highest BCUT2D eigenvalue weighted by Gasteiger charge is 2.34. The van der Waals surface area contributed by atoms with Gasteiger partial charge in [0.05, 0.1) is 26.0 Å². The maximum absolute atomic E-state index is 14.4. The predicted molar refractivity (Wildman–Crippen MR) is 187 cm³/mol. The first kappa shape index (κ1) is 34.0. The first-order chi connectivity index (χ1) is 23.3. The van der Waals surface area contributed by atoms with Crippen LogP contribution in [0, 0.1) is 18.8 Å². The van der Waals surface area contributed by atoms with Gasteiger partial charge in [-0.3, -0.25) is 9.48 Å². The molecule has 9 nitrogen and oxygen atoms in total. The third-order valence-corrected chi connectivity index (χ3v) is 10.7.